The Morgan fingerprint density at radius 1 is 1.47 bits per heavy atom. The van der Waals surface area contributed by atoms with E-state index in [0.29, 0.717) is 0 Å². The van der Waals surface area contributed by atoms with Crippen LogP contribution >= 0.6 is 0 Å². The number of halogens is 1. The van der Waals surface area contributed by atoms with Crippen molar-refractivity contribution in [2.75, 3.05) is 25.4 Å². The number of hydrogen-bond acceptors (Lipinski definition) is 4. The fourth-order valence-corrected chi connectivity index (χ4v) is 2.87. The molecule has 1 aromatic carbocycles. The molecule has 0 amide bonds. The zero-order valence-electron chi connectivity index (χ0n) is 9.43. The molecule has 0 spiro atoms. The Morgan fingerprint density at radius 3 is 2.59 bits per heavy atom. The molecule has 0 aliphatic rings. The topological polar surface area (TPSA) is 83.6 Å². The molecular formula is C10H15FN2O3S. The van der Waals surface area contributed by atoms with Crippen LogP contribution in [0.15, 0.2) is 23.1 Å². The maximum absolute atomic E-state index is 12.9. The minimum absolute atomic E-state index is 0.00385. The summed E-state index contributed by atoms with van der Waals surface area (Å²) in [5.74, 6) is -0.658. The van der Waals surface area contributed by atoms with Crippen molar-refractivity contribution in [3.8, 4) is 0 Å². The van der Waals surface area contributed by atoms with Crippen molar-refractivity contribution >= 4 is 15.7 Å². The van der Waals surface area contributed by atoms with Gasteiger partial charge in [-0.3, -0.25) is 0 Å². The summed E-state index contributed by atoms with van der Waals surface area (Å²) in [6.07, 6.45) is 0. The van der Waals surface area contributed by atoms with E-state index < -0.39 is 15.8 Å². The van der Waals surface area contributed by atoms with Crippen LogP contribution in [0.5, 0.6) is 0 Å². The predicted molar refractivity (Wildman–Crippen MR) is 62.3 cm³/mol. The van der Waals surface area contributed by atoms with Crippen LogP contribution in [0.25, 0.3) is 0 Å². The van der Waals surface area contributed by atoms with Gasteiger partial charge >= 0.3 is 0 Å². The zero-order valence-corrected chi connectivity index (χ0v) is 10.2. The van der Waals surface area contributed by atoms with Crippen LogP contribution in [0.1, 0.15) is 6.92 Å². The molecule has 0 atom stereocenters. The van der Waals surface area contributed by atoms with Gasteiger partial charge in [-0.25, -0.2) is 12.8 Å². The monoisotopic (exact) mass is 262 g/mol. The molecule has 0 saturated carbocycles. The van der Waals surface area contributed by atoms with Crippen LogP contribution in [0.4, 0.5) is 10.1 Å². The van der Waals surface area contributed by atoms with Gasteiger partial charge in [-0.2, -0.15) is 4.31 Å². The molecule has 0 radical (unpaired) electrons. The third-order valence-corrected chi connectivity index (χ3v) is 4.28. The first kappa shape index (κ1) is 13.9. The van der Waals surface area contributed by atoms with Gasteiger partial charge in [0, 0.05) is 13.1 Å². The number of rotatable bonds is 5. The van der Waals surface area contributed by atoms with E-state index >= 15 is 0 Å². The van der Waals surface area contributed by atoms with Crippen molar-refractivity contribution in [2.24, 2.45) is 0 Å². The quantitative estimate of drug-likeness (QED) is 0.753. The van der Waals surface area contributed by atoms with E-state index in [1.165, 1.54) is 0 Å². The van der Waals surface area contributed by atoms with Gasteiger partial charge in [0.1, 0.15) is 5.82 Å². The van der Waals surface area contributed by atoms with Gasteiger partial charge in [0.25, 0.3) is 0 Å². The minimum Gasteiger partial charge on any atom is -0.396 e. The molecule has 17 heavy (non-hydrogen) atoms. The maximum atomic E-state index is 12.9. The number of nitrogens with zero attached hydrogens (tertiary/aromatic N) is 1. The zero-order chi connectivity index (χ0) is 13.1. The fourth-order valence-electron chi connectivity index (χ4n) is 1.39. The van der Waals surface area contributed by atoms with Crippen molar-refractivity contribution < 1.29 is 17.9 Å². The molecule has 5 nitrogen and oxygen atoms in total. The molecule has 1 aromatic rings. The molecule has 3 N–H and O–H groups in total. The highest BCUT2D eigenvalue weighted by Crippen LogP contribution is 2.20. The predicted octanol–water partition coefficient (Wildman–Crippen LogP) is 0.411. The van der Waals surface area contributed by atoms with Crippen LogP contribution in [-0.2, 0) is 10.0 Å². The number of aliphatic hydroxyl groups excluding tert-OH is 1. The lowest BCUT2D eigenvalue weighted by Gasteiger charge is -2.19. The SMILES string of the molecule is CCN(CCO)S(=O)(=O)c1ccc(F)c(N)c1. The average Bonchev–Trinajstić information content (AvgIpc) is 2.29. The Labute approximate surface area is 99.7 Å². The highest BCUT2D eigenvalue weighted by atomic mass is 32.2. The minimum atomic E-state index is -3.73. The number of likely N-dealkylation sites (N-methyl/N-ethyl adjacent to an activating group) is 1. The van der Waals surface area contributed by atoms with Crippen LogP contribution < -0.4 is 5.73 Å². The summed E-state index contributed by atoms with van der Waals surface area (Å²) in [6.45, 7) is 1.60. The van der Waals surface area contributed by atoms with Gasteiger partial charge in [0.05, 0.1) is 17.2 Å². The fraction of sp³-hybridized carbons (Fsp3) is 0.400. The van der Waals surface area contributed by atoms with Crippen molar-refractivity contribution in [3.05, 3.63) is 24.0 Å². The number of benzene rings is 1. The molecule has 0 bridgehead atoms. The van der Waals surface area contributed by atoms with Gasteiger partial charge < -0.3 is 10.8 Å². The van der Waals surface area contributed by atoms with Gasteiger partial charge in [-0.15, -0.1) is 0 Å². The van der Waals surface area contributed by atoms with E-state index in [1.54, 1.807) is 6.92 Å². The second kappa shape index (κ2) is 5.44. The lowest BCUT2D eigenvalue weighted by Crippen LogP contribution is -2.33. The molecule has 0 heterocycles. The normalized spacial score (nSPS) is 12.0. The molecule has 0 saturated heterocycles. The highest BCUT2D eigenvalue weighted by Gasteiger charge is 2.23. The van der Waals surface area contributed by atoms with Crippen molar-refractivity contribution in [1.82, 2.24) is 4.31 Å². The summed E-state index contributed by atoms with van der Waals surface area (Å²) in [6, 6.07) is 3.24. The van der Waals surface area contributed by atoms with E-state index in [-0.39, 0.29) is 30.3 Å². The van der Waals surface area contributed by atoms with Crippen LogP contribution in [0.2, 0.25) is 0 Å². The molecule has 96 valence electrons. The number of hydrogen-bond donors (Lipinski definition) is 2. The highest BCUT2D eigenvalue weighted by molar-refractivity contribution is 7.89. The smallest absolute Gasteiger partial charge is 0.243 e. The van der Waals surface area contributed by atoms with E-state index in [0.717, 1.165) is 22.5 Å². The third-order valence-electron chi connectivity index (χ3n) is 2.31. The Morgan fingerprint density at radius 2 is 2.12 bits per heavy atom. The third kappa shape index (κ3) is 2.93. The lowest BCUT2D eigenvalue weighted by molar-refractivity contribution is 0.257. The molecule has 0 unspecified atom stereocenters. The molecule has 0 aliphatic carbocycles. The molecule has 0 fully saturated rings. The Kier molecular flexibility index (Phi) is 4.44. The summed E-state index contributed by atoms with van der Waals surface area (Å²) in [5.41, 5.74) is 5.11. The van der Waals surface area contributed by atoms with Gasteiger partial charge in [0.2, 0.25) is 10.0 Å². The molecular weight excluding hydrogens is 247 g/mol. The van der Waals surface area contributed by atoms with Crippen molar-refractivity contribution in [1.29, 1.82) is 0 Å². The first-order valence-electron chi connectivity index (χ1n) is 5.09. The molecule has 0 aliphatic heterocycles. The number of sulfonamides is 1. The Bertz CT molecular complexity index is 490. The number of nitrogen functional groups attached to an aromatic ring is 1. The number of anilines is 1. The van der Waals surface area contributed by atoms with E-state index in [2.05, 4.69) is 0 Å². The number of aliphatic hydroxyl groups is 1. The second-order valence-electron chi connectivity index (χ2n) is 3.40. The standard InChI is InChI=1S/C10H15FN2O3S/c1-2-13(5-6-14)17(15,16)8-3-4-9(11)10(12)7-8/h3-4,7,14H,2,5-6,12H2,1H3. The summed E-state index contributed by atoms with van der Waals surface area (Å²) in [5, 5.41) is 8.79. The molecule has 1 rings (SSSR count). The van der Waals surface area contributed by atoms with Crippen LogP contribution in [-0.4, -0.2) is 37.5 Å². The van der Waals surface area contributed by atoms with Gasteiger partial charge in [-0.05, 0) is 18.2 Å². The summed E-state index contributed by atoms with van der Waals surface area (Å²) in [7, 11) is -3.73. The van der Waals surface area contributed by atoms with Crippen molar-refractivity contribution in [3.63, 3.8) is 0 Å². The first-order chi connectivity index (χ1) is 7.93. The lowest BCUT2D eigenvalue weighted by atomic mass is 10.3. The largest absolute Gasteiger partial charge is 0.396 e. The maximum Gasteiger partial charge on any atom is 0.243 e. The van der Waals surface area contributed by atoms with E-state index in [4.69, 9.17) is 10.8 Å². The van der Waals surface area contributed by atoms with Crippen molar-refractivity contribution in [2.45, 2.75) is 11.8 Å². The van der Waals surface area contributed by atoms with Crippen LogP contribution in [0, 0.1) is 5.82 Å². The second-order valence-corrected chi connectivity index (χ2v) is 5.34. The molecule has 7 heteroatoms. The van der Waals surface area contributed by atoms with Crippen LogP contribution in [0.3, 0.4) is 0 Å². The first-order valence-corrected chi connectivity index (χ1v) is 6.53. The Balaban J connectivity index is 3.15. The van der Waals surface area contributed by atoms with Gasteiger partial charge in [0.15, 0.2) is 0 Å². The van der Waals surface area contributed by atoms with E-state index in [1.807, 2.05) is 0 Å². The summed E-state index contributed by atoms with van der Waals surface area (Å²) < 4.78 is 38.1. The average molecular weight is 262 g/mol. The summed E-state index contributed by atoms with van der Waals surface area (Å²) >= 11 is 0. The summed E-state index contributed by atoms with van der Waals surface area (Å²) in [4.78, 5) is -0.0771. The number of nitrogens with two attached hydrogens (primary N) is 1. The van der Waals surface area contributed by atoms with E-state index in [9.17, 15) is 12.8 Å². The Hall–Kier alpha value is -1.18. The molecule has 0 aromatic heterocycles. The van der Waals surface area contributed by atoms with Gasteiger partial charge in [-0.1, -0.05) is 6.92 Å².